The molecule has 5 nitrogen and oxygen atoms in total. The Labute approximate surface area is 172 Å². The van der Waals surface area contributed by atoms with E-state index in [9.17, 15) is 4.79 Å². The average Bonchev–Trinajstić information content (AvgIpc) is 2.78. The molecule has 0 bridgehead atoms. The summed E-state index contributed by atoms with van der Waals surface area (Å²) in [5, 5.41) is 0. The quantitative estimate of drug-likeness (QED) is 0.774. The Morgan fingerprint density at radius 1 is 1.03 bits per heavy atom. The zero-order chi connectivity index (χ0) is 20.3. The van der Waals surface area contributed by atoms with Gasteiger partial charge in [-0.25, -0.2) is 0 Å². The SMILES string of the molecule is COc1ccc(CCC(=O)N2CCC3(CC2)OCCc2cc(OC)ccc23)cc1. The van der Waals surface area contributed by atoms with Crippen LogP contribution in [0.5, 0.6) is 11.5 Å². The number of nitrogens with zero attached hydrogens (tertiary/aromatic N) is 1. The molecule has 2 aromatic carbocycles. The van der Waals surface area contributed by atoms with Crippen LogP contribution in [0.1, 0.15) is 36.0 Å². The van der Waals surface area contributed by atoms with Crippen molar-refractivity contribution in [3.63, 3.8) is 0 Å². The minimum absolute atomic E-state index is 0.224. The van der Waals surface area contributed by atoms with Gasteiger partial charge in [0, 0.05) is 19.5 Å². The molecule has 1 fully saturated rings. The molecule has 0 atom stereocenters. The summed E-state index contributed by atoms with van der Waals surface area (Å²) in [5.41, 5.74) is 3.49. The summed E-state index contributed by atoms with van der Waals surface area (Å²) in [4.78, 5) is 14.7. The van der Waals surface area contributed by atoms with Gasteiger partial charge < -0.3 is 19.1 Å². The number of fused-ring (bicyclic) bond motifs is 2. The summed E-state index contributed by atoms with van der Waals surface area (Å²) in [5.74, 6) is 1.96. The molecule has 0 saturated carbocycles. The first-order valence-electron chi connectivity index (χ1n) is 10.4. The van der Waals surface area contributed by atoms with Gasteiger partial charge in [-0.15, -0.1) is 0 Å². The summed E-state index contributed by atoms with van der Waals surface area (Å²) >= 11 is 0. The summed E-state index contributed by atoms with van der Waals surface area (Å²) in [6, 6.07) is 14.2. The first kappa shape index (κ1) is 19.8. The molecule has 154 valence electrons. The summed E-state index contributed by atoms with van der Waals surface area (Å²) in [7, 11) is 3.36. The lowest BCUT2D eigenvalue weighted by atomic mass is 9.79. The maximum Gasteiger partial charge on any atom is 0.222 e. The smallest absolute Gasteiger partial charge is 0.222 e. The second kappa shape index (κ2) is 8.46. The van der Waals surface area contributed by atoms with Crippen LogP contribution in [0.3, 0.4) is 0 Å². The number of carbonyl (C=O) groups excluding carboxylic acids is 1. The van der Waals surface area contributed by atoms with E-state index in [1.54, 1.807) is 14.2 Å². The van der Waals surface area contributed by atoms with E-state index in [1.165, 1.54) is 11.1 Å². The minimum Gasteiger partial charge on any atom is -0.497 e. The number of amides is 1. The fourth-order valence-electron chi connectivity index (χ4n) is 4.52. The van der Waals surface area contributed by atoms with Gasteiger partial charge in [0.05, 0.1) is 26.4 Å². The zero-order valence-electron chi connectivity index (χ0n) is 17.3. The van der Waals surface area contributed by atoms with Crippen LogP contribution in [0.2, 0.25) is 0 Å². The first-order chi connectivity index (χ1) is 14.1. The van der Waals surface area contributed by atoms with Gasteiger partial charge in [-0.3, -0.25) is 4.79 Å². The van der Waals surface area contributed by atoms with Gasteiger partial charge in [0.1, 0.15) is 11.5 Å². The van der Waals surface area contributed by atoms with Crippen LogP contribution in [0.4, 0.5) is 0 Å². The Kier molecular flexibility index (Phi) is 5.76. The molecule has 4 rings (SSSR count). The van der Waals surface area contributed by atoms with Crippen LogP contribution in [-0.4, -0.2) is 44.7 Å². The van der Waals surface area contributed by atoms with E-state index < -0.39 is 0 Å². The van der Waals surface area contributed by atoms with Crippen molar-refractivity contribution in [3.05, 3.63) is 59.2 Å². The number of piperidine rings is 1. The van der Waals surface area contributed by atoms with Gasteiger partial charge in [0.25, 0.3) is 0 Å². The lowest BCUT2D eigenvalue weighted by Gasteiger charge is -2.45. The van der Waals surface area contributed by atoms with Gasteiger partial charge in [0.15, 0.2) is 0 Å². The molecule has 0 N–H and O–H groups in total. The molecule has 2 aliphatic rings. The number of likely N-dealkylation sites (tertiary alicyclic amines) is 1. The Hall–Kier alpha value is -2.53. The monoisotopic (exact) mass is 395 g/mol. The molecule has 2 heterocycles. The molecule has 1 amide bonds. The van der Waals surface area contributed by atoms with Gasteiger partial charge in [-0.2, -0.15) is 0 Å². The highest BCUT2D eigenvalue weighted by Gasteiger charge is 2.41. The molecule has 2 aliphatic heterocycles. The topological polar surface area (TPSA) is 48.0 Å². The van der Waals surface area contributed by atoms with Crippen molar-refractivity contribution in [2.75, 3.05) is 33.9 Å². The zero-order valence-corrected chi connectivity index (χ0v) is 17.3. The van der Waals surface area contributed by atoms with Crippen LogP contribution >= 0.6 is 0 Å². The van der Waals surface area contributed by atoms with Gasteiger partial charge in [-0.1, -0.05) is 18.2 Å². The van der Waals surface area contributed by atoms with Crippen molar-refractivity contribution in [1.29, 1.82) is 0 Å². The fourth-order valence-corrected chi connectivity index (χ4v) is 4.52. The maximum absolute atomic E-state index is 12.7. The summed E-state index contributed by atoms with van der Waals surface area (Å²) in [6.07, 6.45) is 3.90. The van der Waals surface area contributed by atoms with E-state index in [0.717, 1.165) is 62.4 Å². The highest BCUT2D eigenvalue weighted by atomic mass is 16.5. The Morgan fingerprint density at radius 2 is 1.72 bits per heavy atom. The average molecular weight is 395 g/mol. The molecule has 1 spiro atoms. The third-order valence-corrected chi connectivity index (χ3v) is 6.26. The van der Waals surface area contributed by atoms with Gasteiger partial charge >= 0.3 is 0 Å². The van der Waals surface area contributed by atoms with Crippen LogP contribution in [-0.2, 0) is 28.0 Å². The number of rotatable bonds is 5. The molecule has 29 heavy (non-hydrogen) atoms. The van der Waals surface area contributed by atoms with Crippen molar-refractivity contribution >= 4 is 5.91 Å². The van der Waals surface area contributed by atoms with E-state index in [1.807, 2.05) is 35.2 Å². The van der Waals surface area contributed by atoms with Crippen molar-refractivity contribution in [2.24, 2.45) is 0 Å². The lowest BCUT2D eigenvalue weighted by molar-refractivity contribution is -0.140. The second-order valence-corrected chi connectivity index (χ2v) is 7.84. The molecule has 1 saturated heterocycles. The molecule has 5 heteroatoms. The van der Waals surface area contributed by atoms with Crippen molar-refractivity contribution in [2.45, 2.75) is 37.7 Å². The van der Waals surface area contributed by atoms with E-state index in [2.05, 4.69) is 12.1 Å². The highest BCUT2D eigenvalue weighted by molar-refractivity contribution is 5.76. The van der Waals surface area contributed by atoms with E-state index >= 15 is 0 Å². The van der Waals surface area contributed by atoms with Crippen molar-refractivity contribution < 1.29 is 19.0 Å². The van der Waals surface area contributed by atoms with Gasteiger partial charge in [-0.05, 0) is 66.6 Å². The third-order valence-electron chi connectivity index (χ3n) is 6.26. The largest absolute Gasteiger partial charge is 0.497 e. The van der Waals surface area contributed by atoms with Crippen molar-refractivity contribution in [1.82, 2.24) is 4.90 Å². The highest BCUT2D eigenvalue weighted by Crippen LogP contribution is 2.42. The van der Waals surface area contributed by atoms with Gasteiger partial charge in [0.2, 0.25) is 5.91 Å². The van der Waals surface area contributed by atoms with Crippen LogP contribution in [0.15, 0.2) is 42.5 Å². The Bertz CT molecular complexity index is 854. The van der Waals surface area contributed by atoms with Crippen LogP contribution in [0, 0.1) is 0 Å². The predicted octanol–water partition coefficient (Wildman–Crippen LogP) is 3.73. The number of aryl methyl sites for hydroxylation is 1. The molecular formula is C24H29NO4. The predicted molar refractivity (Wildman–Crippen MR) is 111 cm³/mol. The molecule has 2 aromatic rings. The van der Waals surface area contributed by atoms with E-state index in [4.69, 9.17) is 14.2 Å². The standard InChI is InChI=1S/C24H29NO4/c1-27-20-6-3-18(4-7-20)5-10-23(26)25-14-12-24(13-15-25)22-9-8-21(28-2)17-19(22)11-16-29-24/h3-4,6-9,17H,5,10-16H2,1-2H3. The van der Waals surface area contributed by atoms with E-state index in [-0.39, 0.29) is 11.5 Å². The summed E-state index contributed by atoms with van der Waals surface area (Å²) < 4.78 is 16.9. The minimum atomic E-state index is -0.257. The maximum atomic E-state index is 12.7. The molecule has 0 radical (unpaired) electrons. The normalized spacial score (nSPS) is 17.7. The number of methoxy groups -OCH3 is 2. The summed E-state index contributed by atoms with van der Waals surface area (Å²) in [6.45, 7) is 2.21. The number of carbonyl (C=O) groups is 1. The van der Waals surface area contributed by atoms with Crippen LogP contribution < -0.4 is 9.47 Å². The Balaban J connectivity index is 1.36. The van der Waals surface area contributed by atoms with E-state index in [0.29, 0.717) is 6.42 Å². The lowest BCUT2D eigenvalue weighted by Crippen LogP contribution is -2.48. The molecule has 0 unspecified atom stereocenters. The molecular weight excluding hydrogens is 366 g/mol. The third kappa shape index (κ3) is 4.10. The number of hydrogen-bond acceptors (Lipinski definition) is 4. The first-order valence-corrected chi connectivity index (χ1v) is 10.4. The van der Waals surface area contributed by atoms with Crippen molar-refractivity contribution in [3.8, 4) is 11.5 Å². The second-order valence-electron chi connectivity index (χ2n) is 7.84. The molecule has 0 aliphatic carbocycles. The fraction of sp³-hybridized carbons (Fsp3) is 0.458. The number of hydrogen-bond donors (Lipinski definition) is 0. The Morgan fingerprint density at radius 3 is 2.41 bits per heavy atom. The number of ether oxygens (including phenoxy) is 3. The molecule has 0 aromatic heterocycles. The van der Waals surface area contributed by atoms with Crippen LogP contribution in [0.25, 0.3) is 0 Å². The number of benzene rings is 2.